The van der Waals surface area contributed by atoms with Gasteiger partial charge in [-0.2, -0.15) is 0 Å². The van der Waals surface area contributed by atoms with E-state index in [9.17, 15) is 8.42 Å². The van der Waals surface area contributed by atoms with Crippen LogP contribution in [0.25, 0.3) is 0 Å². The van der Waals surface area contributed by atoms with E-state index in [4.69, 9.17) is 9.47 Å². The number of rotatable bonds is 5. The van der Waals surface area contributed by atoms with Crippen LogP contribution in [0.15, 0.2) is 23.1 Å². The molecule has 0 saturated heterocycles. The Morgan fingerprint density at radius 1 is 1.12 bits per heavy atom. The van der Waals surface area contributed by atoms with Crippen LogP contribution in [0.4, 0.5) is 0 Å². The zero-order chi connectivity index (χ0) is 12.2. The van der Waals surface area contributed by atoms with E-state index >= 15 is 0 Å². The van der Waals surface area contributed by atoms with Crippen molar-refractivity contribution in [2.45, 2.75) is 18.7 Å². The van der Waals surface area contributed by atoms with Crippen LogP contribution in [0.3, 0.4) is 0 Å². The highest BCUT2D eigenvalue weighted by Gasteiger charge is 2.18. The molecule has 0 aliphatic heterocycles. The number of benzene rings is 1. The molecule has 16 heavy (non-hydrogen) atoms. The molecule has 90 valence electrons. The lowest BCUT2D eigenvalue weighted by Gasteiger charge is -2.13. The van der Waals surface area contributed by atoms with Crippen LogP contribution >= 0.6 is 0 Å². The molecule has 0 aliphatic carbocycles. The fourth-order valence-corrected chi connectivity index (χ4v) is 2.17. The number of hydrogen-bond acceptors (Lipinski definition) is 4. The second kappa shape index (κ2) is 5.21. The molecule has 1 aromatic rings. The molecule has 0 fully saturated rings. The van der Waals surface area contributed by atoms with Gasteiger partial charge in [-0.25, -0.2) is 8.42 Å². The lowest BCUT2D eigenvalue weighted by Crippen LogP contribution is -2.05. The normalized spacial score (nSPS) is 11.2. The fraction of sp³-hybridized carbons (Fsp3) is 0.455. The Bertz CT molecular complexity index is 451. The van der Waals surface area contributed by atoms with E-state index in [0.29, 0.717) is 24.7 Å². The van der Waals surface area contributed by atoms with Crippen molar-refractivity contribution in [1.29, 1.82) is 0 Å². The average Bonchev–Trinajstić information content (AvgIpc) is 2.19. The number of ether oxygens (including phenoxy) is 2. The maximum atomic E-state index is 11.5. The Morgan fingerprint density at radius 2 is 1.75 bits per heavy atom. The van der Waals surface area contributed by atoms with Crippen LogP contribution in [0, 0.1) is 0 Å². The Labute approximate surface area is 96.1 Å². The van der Waals surface area contributed by atoms with E-state index in [-0.39, 0.29) is 4.90 Å². The molecule has 1 rings (SSSR count). The van der Waals surface area contributed by atoms with Crippen molar-refractivity contribution in [3.63, 3.8) is 0 Å². The Morgan fingerprint density at radius 3 is 2.25 bits per heavy atom. The summed E-state index contributed by atoms with van der Waals surface area (Å²) >= 11 is 0. The van der Waals surface area contributed by atoms with Crippen molar-refractivity contribution < 1.29 is 17.9 Å². The lowest BCUT2D eigenvalue weighted by molar-refractivity contribution is 0.281. The third-order valence-electron chi connectivity index (χ3n) is 1.93. The molecule has 0 spiro atoms. The summed E-state index contributed by atoms with van der Waals surface area (Å²) in [4.78, 5) is 0.167. The Hall–Kier alpha value is -1.23. The maximum absolute atomic E-state index is 11.5. The summed E-state index contributed by atoms with van der Waals surface area (Å²) in [5.41, 5.74) is 0. The first-order chi connectivity index (χ1) is 7.50. The molecular formula is C11H16O4S. The summed E-state index contributed by atoms with van der Waals surface area (Å²) in [6, 6.07) is 4.86. The van der Waals surface area contributed by atoms with E-state index in [1.807, 2.05) is 6.92 Å². The summed E-state index contributed by atoms with van der Waals surface area (Å²) in [6.45, 7) is 4.50. The van der Waals surface area contributed by atoms with Crippen LogP contribution in [0.2, 0.25) is 0 Å². The van der Waals surface area contributed by atoms with E-state index in [1.165, 1.54) is 6.07 Å². The largest absolute Gasteiger partial charge is 0.490 e. The van der Waals surface area contributed by atoms with Gasteiger partial charge in [0.05, 0.1) is 13.2 Å². The van der Waals surface area contributed by atoms with Crippen molar-refractivity contribution in [1.82, 2.24) is 0 Å². The number of sulfone groups is 1. The number of para-hydroxylation sites is 1. The van der Waals surface area contributed by atoms with Gasteiger partial charge in [0, 0.05) is 6.26 Å². The topological polar surface area (TPSA) is 52.6 Å². The van der Waals surface area contributed by atoms with E-state index in [1.54, 1.807) is 19.1 Å². The van der Waals surface area contributed by atoms with Gasteiger partial charge in [-0.15, -0.1) is 0 Å². The van der Waals surface area contributed by atoms with Crippen molar-refractivity contribution in [2.24, 2.45) is 0 Å². The third-order valence-corrected chi connectivity index (χ3v) is 3.05. The van der Waals surface area contributed by atoms with E-state index in [0.717, 1.165) is 6.26 Å². The quantitative estimate of drug-likeness (QED) is 0.793. The molecule has 5 heteroatoms. The zero-order valence-electron chi connectivity index (χ0n) is 9.69. The SMILES string of the molecule is CCOc1cccc(S(C)(=O)=O)c1OCC. The minimum Gasteiger partial charge on any atom is -0.490 e. The van der Waals surface area contributed by atoms with Crippen LogP contribution in [-0.2, 0) is 9.84 Å². The first-order valence-electron chi connectivity index (χ1n) is 5.09. The molecule has 0 N–H and O–H groups in total. The molecule has 0 bridgehead atoms. The Kier molecular flexibility index (Phi) is 4.18. The number of hydrogen-bond donors (Lipinski definition) is 0. The highest BCUT2D eigenvalue weighted by atomic mass is 32.2. The van der Waals surface area contributed by atoms with Gasteiger partial charge in [-0.05, 0) is 26.0 Å². The zero-order valence-corrected chi connectivity index (χ0v) is 10.5. The van der Waals surface area contributed by atoms with E-state index < -0.39 is 9.84 Å². The fourth-order valence-electron chi connectivity index (χ4n) is 1.34. The molecule has 1 aromatic carbocycles. The standard InChI is InChI=1S/C11H16O4S/c1-4-14-9-7-6-8-10(16(3,12)13)11(9)15-5-2/h6-8H,4-5H2,1-3H3. The highest BCUT2D eigenvalue weighted by molar-refractivity contribution is 7.90. The summed E-state index contributed by atoms with van der Waals surface area (Å²) in [6.07, 6.45) is 1.15. The van der Waals surface area contributed by atoms with Crippen LogP contribution < -0.4 is 9.47 Å². The van der Waals surface area contributed by atoms with Gasteiger partial charge in [-0.1, -0.05) is 6.07 Å². The highest BCUT2D eigenvalue weighted by Crippen LogP contribution is 2.34. The first kappa shape index (κ1) is 12.8. The predicted octanol–water partition coefficient (Wildman–Crippen LogP) is 1.89. The minimum absolute atomic E-state index is 0.167. The van der Waals surface area contributed by atoms with Crippen molar-refractivity contribution in [3.8, 4) is 11.5 Å². The Balaban J connectivity index is 3.32. The van der Waals surface area contributed by atoms with Gasteiger partial charge in [0.1, 0.15) is 4.90 Å². The first-order valence-corrected chi connectivity index (χ1v) is 6.98. The molecule has 0 atom stereocenters. The molecule has 0 heterocycles. The molecule has 0 aliphatic rings. The van der Waals surface area contributed by atoms with Crippen LogP contribution in [0.5, 0.6) is 11.5 Å². The maximum Gasteiger partial charge on any atom is 0.179 e. The van der Waals surface area contributed by atoms with Crippen molar-refractivity contribution >= 4 is 9.84 Å². The van der Waals surface area contributed by atoms with Crippen LogP contribution in [0.1, 0.15) is 13.8 Å². The molecule has 0 unspecified atom stereocenters. The summed E-state index contributed by atoms with van der Waals surface area (Å²) in [5, 5.41) is 0. The van der Waals surface area contributed by atoms with Crippen molar-refractivity contribution in [3.05, 3.63) is 18.2 Å². The smallest absolute Gasteiger partial charge is 0.179 e. The van der Waals surface area contributed by atoms with Gasteiger partial charge in [0.25, 0.3) is 0 Å². The molecule has 4 nitrogen and oxygen atoms in total. The van der Waals surface area contributed by atoms with Gasteiger partial charge < -0.3 is 9.47 Å². The summed E-state index contributed by atoms with van der Waals surface area (Å²) < 4.78 is 33.8. The van der Waals surface area contributed by atoms with Crippen molar-refractivity contribution in [2.75, 3.05) is 19.5 Å². The molecule has 0 amide bonds. The third kappa shape index (κ3) is 2.88. The molecule has 0 saturated carbocycles. The lowest BCUT2D eigenvalue weighted by atomic mass is 10.3. The second-order valence-corrected chi connectivity index (χ2v) is 5.21. The molecule has 0 radical (unpaired) electrons. The van der Waals surface area contributed by atoms with Gasteiger partial charge in [0.2, 0.25) is 0 Å². The average molecular weight is 244 g/mol. The molecule has 0 aromatic heterocycles. The van der Waals surface area contributed by atoms with Gasteiger partial charge in [0.15, 0.2) is 21.3 Å². The summed E-state index contributed by atoms with van der Waals surface area (Å²) in [7, 11) is -3.30. The van der Waals surface area contributed by atoms with Gasteiger partial charge >= 0.3 is 0 Å². The monoisotopic (exact) mass is 244 g/mol. The van der Waals surface area contributed by atoms with Crippen LogP contribution in [-0.4, -0.2) is 27.9 Å². The van der Waals surface area contributed by atoms with Gasteiger partial charge in [-0.3, -0.25) is 0 Å². The predicted molar refractivity (Wildman–Crippen MR) is 61.9 cm³/mol. The second-order valence-electron chi connectivity index (χ2n) is 3.22. The minimum atomic E-state index is -3.30. The van der Waals surface area contributed by atoms with E-state index in [2.05, 4.69) is 0 Å². The molecular weight excluding hydrogens is 228 g/mol. The summed E-state index contributed by atoms with van der Waals surface area (Å²) in [5.74, 6) is 0.765.